The summed E-state index contributed by atoms with van der Waals surface area (Å²) < 4.78 is 15.4. The maximum absolute atomic E-state index is 11.6. The molecule has 0 aromatic carbocycles. The van der Waals surface area contributed by atoms with Crippen LogP contribution in [0.4, 0.5) is 0 Å². The summed E-state index contributed by atoms with van der Waals surface area (Å²) in [6, 6.07) is 0. The molecule has 0 N–H and O–H groups in total. The highest BCUT2D eigenvalue weighted by Crippen LogP contribution is 2.21. The quantitative estimate of drug-likeness (QED) is 0.547. The van der Waals surface area contributed by atoms with Crippen LogP contribution in [0.15, 0.2) is 11.8 Å². The summed E-state index contributed by atoms with van der Waals surface area (Å²) in [5.74, 6) is -0.478. The van der Waals surface area contributed by atoms with Crippen molar-refractivity contribution in [1.29, 1.82) is 0 Å². The van der Waals surface area contributed by atoms with Gasteiger partial charge in [0, 0.05) is 11.8 Å². The van der Waals surface area contributed by atoms with Crippen molar-refractivity contribution >= 4 is 20.4 Å². The first-order chi connectivity index (χ1) is 7.60. The SMILES string of the molecule is CCCC(OP=O)N1C=C(C)C(=O)CC1=O. The number of hydrogen-bond donors (Lipinski definition) is 0. The Balaban J connectivity index is 2.86. The van der Waals surface area contributed by atoms with Crippen molar-refractivity contribution in [2.75, 3.05) is 0 Å². The molecule has 6 heteroatoms. The van der Waals surface area contributed by atoms with E-state index < -0.39 is 14.9 Å². The second-order valence-corrected chi connectivity index (χ2v) is 4.00. The molecule has 16 heavy (non-hydrogen) atoms. The summed E-state index contributed by atoms with van der Waals surface area (Å²) in [5.41, 5.74) is 0.520. The van der Waals surface area contributed by atoms with Gasteiger partial charge in [-0.25, -0.2) is 4.57 Å². The highest BCUT2D eigenvalue weighted by atomic mass is 31.1. The zero-order valence-electron chi connectivity index (χ0n) is 9.30. The van der Waals surface area contributed by atoms with Crippen LogP contribution in [0.5, 0.6) is 0 Å². The van der Waals surface area contributed by atoms with E-state index in [2.05, 4.69) is 0 Å². The van der Waals surface area contributed by atoms with Crippen LogP contribution in [0.2, 0.25) is 0 Å². The summed E-state index contributed by atoms with van der Waals surface area (Å²) in [5, 5.41) is 0. The second-order valence-electron chi connectivity index (χ2n) is 3.64. The molecule has 0 aromatic rings. The average Bonchev–Trinajstić information content (AvgIpc) is 2.23. The number of ketones is 1. The zero-order valence-corrected chi connectivity index (χ0v) is 10.2. The van der Waals surface area contributed by atoms with Crippen molar-refractivity contribution in [2.24, 2.45) is 0 Å². The van der Waals surface area contributed by atoms with Crippen LogP contribution in [0, 0.1) is 0 Å². The molecule has 0 saturated heterocycles. The lowest BCUT2D eigenvalue weighted by molar-refractivity contribution is -0.139. The Hall–Kier alpha value is -1.06. The monoisotopic (exact) mass is 243 g/mol. The minimum Gasteiger partial charge on any atom is -0.294 e. The molecule has 0 aromatic heterocycles. The molecule has 1 heterocycles. The maximum atomic E-state index is 11.6. The number of carbonyl (C=O) groups excluding carboxylic acids is 2. The number of rotatable bonds is 5. The van der Waals surface area contributed by atoms with E-state index in [9.17, 15) is 14.2 Å². The zero-order chi connectivity index (χ0) is 12.1. The number of allylic oxidation sites excluding steroid dienone is 1. The van der Waals surface area contributed by atoms with Crippen molar-refractivity contribution in [1.82, 2.24) is 4.90 Å². The van der Waals surface area contributed by atoms with E-state index in [1.807, 2.05) is 6.92 Å². The summed E-state index contributed by atoms with van der Waals surface area (Å²) in [6.45, 7) is 3.59. The standard InChI is InChI=1S/C10H14NO4P/c1-3-4-10(15-16-14)11-6-7(2)8(12)5-9(11)13/h6,10H,3-5H2,1-2H3. The molecule has 0 bridgehead atoms. The average molecular weight is 243 g/mol. The van der Waals surface area contributed by atoms with Gasteiger partial charge in [-0.05, 0) is 13.3 Å². The third-order valence-electron chi connectivity index (χ3n) is 2.38. The summed E-state index contributed by atoms with van der Waals surface area (Å²) in [4.78, 5) is 24.2. The molecule has 1 rings (SSSR count). The van der Waals surface area contributed by atoms with Gasteiger partial charge in [0.25, 0.3) is 0 Å². The third kappa shape index (κ3) is 2.97. The first-order valence-electron chi connectivity index (χ1n) is 5.11. The second kappa shape index (κ2) is 5.87. The Morgan fingerprint density at radius 2 is 2.25 bits per heavy atom. The topological polar surface area (TPSA) is 63.7 Å². The fourth-order valence-corrected chi connectivity index (χ4v) is 1.81. The molecule has 5 nitrogen and oxygen atoms in total. The van der Waals surface area contributed by atoms with Crippen LogP contribution in [-0.4, -0.2) is 22.8 Å². The largest absolute Gasteiger partial charge is 0.329 e. The summed E-state index contributed by atoms with van der Waals surface area (Å²) in [7, 11) is -0.460. The minimum absolute atomic E-state index is 0.137. The first kappa shape index (κ1) is 13.0. The number of carbonyl (C=O) groups is 2. The van der Waals surface area contributed by atoms with E-state index in [0.717, 1.165) is 6.42 Å². The molecule has 1 aliphatic rings. The molecule has 1 atom stereocenters. The van der Waals surface area contributed by atoms with E-state index >= 15 is 0 Å². The van der Waals surface area contributed by atoms with Gasteiger partial charge in [0.1, 0.15) is 6.23 Å². The van der Waals surface area contributed by atoms with Gasteiger partial charge in [0.2, 0.25) is 5.91 Å². The van der Waals surface area contributed by atoms with Gasteiger partial charge < -0.3 is 0 Å². The highest BCUT2D eigenvalue weighted by Gasteiger charge is 2.29. The van der Waals surface area contributed by atoms with Crippen molar-refractivity contribution in [2.45, 2.75) is 39.3 Å². The van der Waals surface area contributed by atoms with Gasteiger partial charge >= 0.3 is 8.69 Å². The van der Waals surface area contributed by atoms with E-state index in [1.54, 1.807) is 6.92 Å². The van der Waals surface area contributed by atoms with E-state index in [0.29, 0.717) is 12.0 Å². The Kier molecular flexibility index (Phi) is 4.77. The van der Waals surface area contributed by atoms with Crippen molar-refractivity contribution in [3.63, 3.8) is 0 Å². The van der Waals surface area contributed by atoms with E-state index in [4.69, 9.17) is 4.52 Å². The Labute approximate surface area is 95.7 Å². The van der Waals surface area contributed by atoms with Crippen LogP contribution in [-0.2, 0) is 18.7 Å². The molecular weight excluding hydrogens is 229 g/mol. The molecule has 0 saturated carbocycles. The molecular formula is C10H14NO4P. The van der Waals surface area contributed by atoms with Gasteiger partial charge in [-0.15, -0.1) is 0 Å². The lowest BCUT2D eigenvalue weighted by atomic mass is 10.1. The molecule has 0 aliphatic carbocycles. The van der Waals surface area contributed by atoms with Crippen LogP contribution < -0.4 is 0 Å². The maximum Gasteiger partial charge on any atom is 0.329 e. The van der Waals surface area contributed by atoms with Crippen molar-refractivity contribution in [3.05, 3.63) is 11.8 Å². The Bertz CT molecular complexity index is 340. The number of Topliss-reactive ketones (excluding diaryl/α,β-unsaturated/α-hetero) is 1. The molecule has 1 unspecified atom stereocenters. The molecule has 0 spiro atoms. The van der Waals surface area contributed by atoms with Crippen LogP contribution in [0.3, 0.4) is 0 Å². The normalized spacial score (nSPS) is 18.9. The van der Waals surface area contributed by atoms with Gasteiger partial charge in [-0.2, -0.15) is 0 Å². The van der Waals surface area contributed by atoms with Crippen LogP contribution >= 0.6 is 8.69 Å². The number of amides is 1. The predicted octanol–water partition coefficient (Wildman–Crippen LogP) is 2.04. The molecule has 0 radical (unpaired) electrons. The minimum atomic E-state index is -0.556. The smallest absolute Gasteiger partial charge is 0.294 e. The van der Waals surface area contributed by atoms with Crippen LogP contribution in [0.25, 0.3) is 0 Å². The van der Waals surface area contributed by atoms with Gasteiger partial charge in [-0.3, -0.25) is 19.0 Å². The summed E-state index contributed by atoms with van der Waals surface area (Å²) in [6.07, 6.45) is 2.16. The van der Waals surface area contributed by atoms with Crippen molar-refractivity contribution < 1.29 is 18.7 Å². The lowest BCUT2D eigenvalue weighted by Gasteiger charge is -2.29. The van der Waals surface area contributed by atoms with Crippen molar-refractivity contribution in [3.8, 4) is 0 Å². The van der Waals surface area contributed by atoms with E-state index in [-0.39, 0.29) is 18.1 Å². The van der Waals surface area contributed by atoms with Crippen LogP contribution in [0.1, 0.15) is 33.1 Å². The molecule has 88 valence electrons. The first-order valence-corrected chi connectivity index (χ1v) is 5.84. The van der Waals surface area contributed by atoms with Gasteiger partial charge in [0.05, 0.1) is 6.42 Å². The lowest BCUT2D eigenvalue weighted by Crippen LogP contribution is -2.40. The third-order valence-corrected chi connectivity index (χ3v) is 2.71. The Morgan fingerprint density at radius 1 is 1.56 bits per heavy atom. The molecule has 0 fully saturated rings. The molecule has 1 aliphatic heterocycles. The van der Waals surface area contributed by atoms with Gasteiger partial charge in [-0.1, -0.05) is 13.3 Å². The predicted molar refractivity (Wildman–Crippen MR) is 57.6 cm³/mol. The number of nitrogens with zero attached hydrogens (tertiary/aromatic N) is 1. The number of hydrogen-bond acceptors (Lipinski definition) is 4. The molecule has 1 amide bonds. The highest BCUT2D eigenvalue weighted by molar-refractivity contribution is 7.17. The van der Waals surface area contributed by atoms with Gasteiger partial charge in [0.15, 0.2) is 5.78 Å². The fourth-order valence-electron chi connectivity index (χ4n) is 1.50. The summed E-state index contributed by atoms with van der Waals surface area (Å²) >= 11 is 0. The Morgan fingerprint density at radius 3 is 2.81 bits per heavy atom. The fraction of sp³-hybridized carbons (Fsp3) is 0.600. The van der Waals surface area contributed by atoms with E-state index in [1.165, 1.54) is 11.1 Å².